The maximum atomic E-state index is 12.8. The molecule has 8 nitrogen and oxygen atoms in total. The smallest absolute Gasteiger partial charge is 0.475 e. The molecule has 2 N–H and O–H groups in total. The monoisotopic (exact) mass is 531 g/mol. The first-order valence-corrected chi connectivity index (χ1v) is 10.7. The molecule has 2 aliphatic rings. The third-order valence-corrected chi connectivity index (χ3v) is 5.47. The van der Waals surface area contributed by atoms with Crippen LogP contribution in [0, 0.1) is 0 Å². The predicted molar refractivity (Wildman–Crippen MR) is 114 cm³/mol. The number of aliphatic carboxylic acids is 1. The van der Waals surface area contributed by atoms with Crippen molar-refractivity contribution < 1.29 is 50.5 Å². The minimum Gasteiger partial charge on any atom is -0.475 e. The van der Waals surface area contributed by atoms with E-state index < -0.39 is 23.9 Å². The Labute approximate surface area is 205 Å². The average Bonchev–Trinajstić information content (AvgIpc) is 3.49. The van der Waals surface area contributed by atoms with E-state index in [-0.39, 0.29) is 12.8 Å². The van der Waals surface area contributed by atoms with Crippen LogP contribution in [-0.4, -0.2) is 40.4 Å². The van der Waals surface area contributed by atoms with Crippen LogP contribution in [0.1, 0.15) is 28.4 Å². The number of ether oxygens (including phenoxy) is 3. The van der Waals surface area contributed by atoms with E-state index in [0.717, 1.165) is 40.5 Å². The van der Waals surface area contributed by atoms with Crippen LogP contribution in [0.25, 0.3) is 5.69 Å². The van der Waals surface area contributed by atoms with Gasteiger partial charge in [-0.2, -0.15) is 31.4 Å². The van der Waals surface area contributed by atoms with Crippen LogP contribution < -0.4 is 14.8 Å². The van der Waals surface area contributed by atoms with Crippen LogP contribution in [0.15, 0.2) is 48.7 Å². The molecular weight excluding hydrogens is 512 g/mol. The highest BCUT2D eigenvalue weighted by molar-refractivity contribution is 5.73. The van der Waals surface area contributed by atoms with E-state index in [4.69, 9.17) is 24.1 Å². The van der Waals surface area contributed by atoms with Crippen LogP contribution >= 0.6 is 0 Å². The summed E-state index contributed by atoms with van der Waals surface area (Å²) < 4.78 is 88.3. The van der Waals surface area contributed by atoms with Gasteiger partial charge >= 0.3 is 18.3 Å². The molecular formula is C23H19F6N3O5. The number of hydrogen-bond donors (Lipinski definition) is 2. The molecule has 37 heavy (non-hydrogen) atoms. The van der Waals surface area contributed by atoms with Gasteiger partial charge in [-0.3, -0.25) is 0 Å². The quantitative estimate of drug-likeness (QED) is 0.475. The van der Waals surface area contributed by atoms with E-state index >= 15 is 0 Å². The maximum absolute atomic E-state index is 12.8. The number of carbonyl (C=O) groups is 1. The molecule has 3 heterocycles. The third-order valence-electron chi connectivity index (χ3n) is 5.47. The second-order valence-electron chi connectivity index (χ2n) is 7.94. The van der Waals surface area contributed by atoms with Gasteiger partial charge in [-0.25, -0.2) is 9.48 Å². The zero-order valence-corrected chi connectivity index (χ0v) is 18.8. The van der Waals surface area contributed by atoms with Gasteiger partial charge in [-0.05, 0) is 42.0 Å². The third kappa shape index (κ3) is 6.14. The topological polar surface area (TPSA) is 94.8 Å². The number of carboxylic acids is 1. The lowest BCUT2D eigenvalue weighted by molar-refractivity contribution is -0.192. The summed E-state index contributed by atoms with van der Waals surface area (Å²) in [6.45, 7) is 1.65. The Kier molecular flexibility index (Phi) is 7.32. The number of halogens is 6. The number of alkyl halides is 6. The Bertz CT molecular complexity index is 1260. The Morgan fingerprint density at radius 2 is 1.73 bits per heavy atom. The lowest BCUT2D eigenvalue weighted by Crippen LogP contribution is -2.29. The molecule has 0 fully saturated rings. The summed E-state index contributed by atoms with van der Waals surface area (Å²) in [4.78, 5) is 8.90. The normalized spacial score (nSPS) is 16.5. The van der Waals surface area contributed by atoms with Crippen LogP contribution in [-0.2, 0) is 28.9 Å². The van der Waals surface area contributed by atoms with Gasteiger partial charge in [0.05, 0.1) is 42.4 Å². The molecule has 0 aliphatic carbocycles. The molecule has 0 amide bonds. The van der Waals surface area contributed by atoms with Crippen molar-refractivity contribution in [1.82, 2.24) is 15.1 Å². The summed E-state index contributed by atoms with van der Waals surface area (Å²) in [6, 6.07) is 10.7. The molecule has 1 unspecified atom stereocenters. The molecule has 5 rings (SSSR count). The highest BCUT2D eigenvalue weighted by Crippen LogP contribution is 2.34. The number of carboxylic acid groups (broad SMARTS) is 1. The van der Waals surface area contributed by atoms with E-state index in [2.05, 4.69) is 10.4 Å². The predicted octanol–water partition coefficient (Wildman–Crippen LogP) is 4.61. The lowest BCUT2D eigenvalue weighted by atomic mass is 10.1. The lowest BCUT2D eigenvalue weighted by Gasteiger charge is -2.24. The second kappa shape index (κ2) is 10.3. The van der Waals surface area contributed by atoms with E-state index in [1.807, 2.05) is 18.2 Å². The van der Waals surface area contributed by atoms with Crippen molar-refractivity contribution in [3.8, 4) is 17.2 Å². The van der Waals surface area contributed by atoms with Crippen molar-refractivity contribution in [2.24, 2.45) is 0 Å². The summed E-state index contributed by atoms with van der Waals surface area (Å²) in [5, 5.41) is 15.0. The fraction of sp³-hybridized carbons (Fsp3) is 0.304. The summed E-state index contributed by atoms with van der Waals surface area (Å²) in [5.41, 5.74) is 2.71. The Morgan fingerprint density at radius 3 is 2.38 bits per heavy atom. The Hall–Kier alpha value is -3.78. The average molecular weight is 531 g/mol. The molecule has 2 aromatic carbocycles. The van der Waals surface area contributed by atoms with E-state index in [0.29, 0.717) is 25.4 Å². The van der Waals surface area contributed by atoms with Crippen molar-refractivity contribution >= 4 is 5.97 Å². The molecule has 0 bridgehead atoms. The van der Waals surface area contributed by atoms with Crippen molar-refractivity contribution in [3.63, 3.8) is 0 Å². The van der Waals surface area contributed by atoms with Gasteiger partial charge in [0.2, 0.25) is 6.79 Å². The van der Waals surface area contributed by atoms with Crippen molar-refractivity contribution in [2.75, 3.05) is 13.4 Å². The molecule has 0 saturated heterocycles. The fourth-order valence-corrected chi connectivity index (χ4v) is 3.66. The maximum Gasteiger partial charge on any atom is 0.490 e. The molecule has 2 aliphatic heterocycles. The minimum absolute atomic E-state index is 0.0811. The van der Waals surface area contributed by atoms with Gasteiger partial charge in [-0.15, -0.1) is 0 Å². The second-order valence-corrected chi connectivity index (χ2v) is 7.94. The number of nitrogens with zero attached hydrogens (tertiary/aromatic N) is 2. The molecule has 0 spiro atoms. The molecule has 0 saturated carbocycles. The standard InChI is InChI=1S/C21H18F3N3O3.C2HF3O2/c22-21(23,24)14-2-4-15(5-3-14)27-18-11-28-10-17(16(18)9-26-27)25-8-13-1-6-19-20(7-13)30-12-29-19;3-2(4,5)1(6)7/h1-7,9,17,25H,8,10-12H2;(H,6,7). The van der Waals surface area contributed by atoms with Crippen LogP contribution in [0.2, 0.25) is 0 Å². The summed E-state index contributed by atoms with van der Waals surface area (Å²) >= 11 is 0. The van der Waals surface area contributed by atoms with Gasteiger partial charge in [0.15, 0.2) is 11.5 Å². The van der Waals surface area contributed by atoms with Gasteiger partial charge in [0.1, 0.15) is 0 Å². The Balaban J connectivity index is 0.000000405. The number of hydrogen-bond acceptors (Lipinski definition) is 6. The number of rotatable bonds is 4. The highest BCUT2D eigenvalue weighted by Gasteiger charge is 2.38. The summed E-state index contributed by atoms with van der Waals surface area (Å²) in [5.74, 6) is -1.29. The minimum atomic E-state index is -5.08. The number of benzene rings is 2. The van der Waals surface area contributed by atoms with E-state index in [9.17, 15) is 26.3 Å². The zero-order valence-electron chi connectivity index (χ0n) is 18.8. The first-order valence-electron chi connectivity index (χ1n) is 10.7. The SMILES string of the molecule is FC(F)(F)c1ccc(-n2ncc3c2COCC3NCc2ccc3c(c2)OCO3)cc1.O=C(O)C(F)(F)F. The van der Waals surface area contributed by atoms with Crippen molar-refractivity contribution in [3.05, 3.63) is 71.0 Å². The van der Waals surface area contributed by atoms with Crippen LogP contribution in [0.3, 0.4) is 0 Å². The number of aromatic nitrogens is 2. The van der Waals surface area contributed by atoms with Crippen molar-refractivity contribution in [1.29, 1.82) is 0 Å². The van der Waals surface area contributed by atoms with Crippen LogP contribution in [0.5, 0.6) is 11.5 Å². The molecule has 198 valence electrons. The largest absolute Gasteiger partial charge is 0.490 e. The van der Waals surface area contributed by atoms with E-state index in [1.165, 1.54) is 12.1 Å². The van der Waals surface area contributed by atoms with Gasteiger partial charge in [0.25, 0.3) is 0 Å². The fourth-order valence-electron chi connectivity index (χ4n) is 3.66. The van der Waals surface area contributed by atoms with Gasteiger partial charge < -0.3 is 24.6 Å². The summed E-state index contributed by atoms with van der Waals surface area (Å²) in [6.07, 6.45) is -7.71. The summed E-state index contributed by atoms with van der Waals surface area (Å²) in [7, 11) is 0. The zero-order chi connectivity index (χ0) is 26.8. The molecule has 14 heteroatoms. The van der Waals surface area contributed by atoms with Crippen LogP contribution in [0.4, 0.5) is 26.3 Å². The molecule has 1 aromatic heterocycles. The van der Waals surface area contributed by atoms with Crippen molar-refractivity contribution in [2.45, 2.75) is 31.5 Å². The molecule has 3 aromatic rings. The van der Waals surface area contributed by atoms with Gasteiger partial charge in [0, 0.05) is 12.1 Å². The molecule has 1 atom stereocenters. The molecule has 0 radical (unpaired) electrons. The number of nitrogens with one attached hydrogen (secondary N) is 1. The number of fused-ring (bicyclic) bond motifs is 2. The van der Waals surface area contributed by atoms with E-state index in [1.54, 1.807) is 10.9 Å². The Morgan fingerprint density at radius 1 is 1.05 bits per heavy atom. The van der Waals surface area contributed by atoms with Gasteiger partial charge in [-0.1, -0.05) is 6.07 Å². The highest BCUT2D eigenvalue weighted by atomic mass is 19.4. The first kappa shape index (κ1) is 26.3. The first-order chi connectivity index (χ1) is 17.4.